The van der Waals surface area contributed by atoms with Crippen LogP contribution >= 0.6 is 11.3 Å². The number of carbonyl (C=O) groups excluding carboxylic acids is 1. The number of fused-ring (bicyclic) bond motifs is 1. The molecule has 0 saturated heterocycles. The van der Waals surface area contributed by atoms with Crippen molar-refractivity contribution in [3.8, 4) is 11.6 Å². The molecule has 7 nitrogen and oxygen atoms in total. The van der Waals surface area contributed by atoms with Gasteiger partial charge in [-0.05, 0) is 48.8 Å². The summed E-state index contributed by atoms with van der Waals surface area (Å²) < 4.78 is 11.5. The van der Waals surface area contributed by atoms with Crippen LogP contribution in [0.1, 0.15) is 33.3 Å². The van der Waals surface area contributed by atoms with Crippen LogP contribution in [0.3, 0.4) is 0 Å². The lowest BCUT2D eigenvalue weighted by atomic mass is 10.1. The molecule has 4 rings (SSSR count). The summed E-state index contributed by atoms with van der Waals surface area (Å²) in [6.45, 7) is 2.74. The minimum absolute atomic E-state index is 0.0188. The number of anilines is 1. The highest BCUT2D eigenvalue weighted by atomic mass is 32.1. The Kier molecular flexibility index (Phi) is 7.47. The van der Waals surface area contributed by atoms with E-state index in [9.17, 15) is 4.79 Å². The molecule has 0 fully saturated rings. The molecule has 3 aromatic rings. The highest BCUT2D eigenvalue weighted by Crippen LogP contribution is 2.29. The number of rotatable bonds is 9. The van der Waals surface area contributed by atoms with Crippen molar-refractivity contribution < 1.29 is 14.3 Å². The van der Waals surface area contributed by atoms with Gasteiger partial charge in [-0.25, -0.2) is 0 Å². The molecule has 0 bridgehead atoms. The molecular weight excluding hydrogens is 436 g/mol. The molecule has 1 aliphatic heterocycles. The fourth-order valence-corrected chi connectivity index (χ4v) is 4.66. The summed E-state index contributed by atoms with van der Waals surface area (Å²) in [4.78, 5) is 22.8. The van der Waals surface area contributed by atoms with Gasteiger partial charge in [-0.2, -0.15) is 4.98 Å². The summed E-state index contributed by atoms with van der Waals surface area (Å²) in [7, 11) is 5.48. The van der Waals surface area contributed by atoms with Crippen molar-refractivity contribution in [2.75, 3.05) is 45.7 Å². The Hall–Kier alpha value is -3.10. The first-order chi connectivity index (χ1) is 16.1. The van der Waals surface area contributed by atoms with E-state index in [1.165, 1.54) is 4.88 Å². The third-order valence-corrected chi connectivity index (χ3v) is 6.70. The minimum Gasteiger partial charge on any atom is -0.485 e. The predicted molar refractivity (Wildman–Crippen MR) is 131 cm³/mol. The molecule has 174 valence electrons. The second-order valence-electron chi connectivity index (χ2n) is 8.03. The Balaban J connectivity index is 1.45. The average molecular weight is 467 g/mol. The molecule has 0 aliphatic carbocycles. The lowest BCUT2D eigenvalue weighted by Crippen LogP contribution is -2.33. The van der Waals surface area contributed by atoms with Crippen molar-refractivity contribution in [3.05, 3.63) is 69.9 Å². The maximum atomic E-state index is 13.2. The molecule has 3 heterocycles. The zero-order valence-electron chi connectivity index (χ0n) is 19.3. The van der Waals surface area contributed by atoms with Crippen LogP contribution in [0.25, 0.3) is 0 Å². The number of hydrogen-bond donors (Lipinski definition) is 1. The van der Waals surface area contributed by atoms with Crippen LogP contribution in [0.4, 0.5) is 5.82 Å². The van der Waals surface area contributed by atoms with Crippen LogP contribution in [0.5, 0.6) is 11.6 Å². The van der Waals surface area contributed by atoms with E-state index in [-0.39, 0.29) is 12.0 Å². The van der Waals surface area contributed by atoms with E-state index in [2.05, 4.69) is 27.8 Å². The number of aromatic nitrogens is 1. The molecular formula is C25H30N4O3S. The summed E-state index contributed by atoms with van der Waals surface area (Å²) >= 11 is 1.71. The van der Waals surface area contributed by atoms with Crippen molar-refractivity contribution in [3.63, 3.8) is 0 Å². The lowest BCUT2D eigenvalue weighted by Gasteiger charge is -2.22. The summed E-state index contributed by atoms with van der Waals surface area (Å²) in [5, 5.41) is 5.28. The fourth-order valence-electron chi connectivity index (χ4n) is 3.87. The monoisotopic (exact) mass is 466 g/mol. The number of nitrogens with zero attached hydrogens (tertiary/aromatic N) is 3. The van der Waals surface area contributed by atoms with Gasteiger partial charge >= 0.3 is 0 Å². The number of nitrogens with one attached hydrogen (secondary N) is 1. The van der Waals surface area contributed by atoms with E-state index in [0.717, 1.165) is 24.3 Å². The summed E-state index contributed by atoms with van der Waals surface area (Å²) in [6.07, 6.45) is 0.916. The summed E-state index contributed by atoms with van der Waals surface area (Å²) in [6, 6.07) is 15.8. The lowest BCUT2D eigenvalue weighted by molar-refractivity contribution is 0.0754. The molecule has 2 aromatic heterocycles. The van der Waals surface area contributed by atoms with Crippen LogP contribution in [0.2, 0.25) is 0 Å². The Morgan fingerprint density at radius 3 is 2.67 bits per heavy atom. The number of carbonyl (C=O) groups is 1. The fraction of sp³-hybridized carbons (Fsp3) is 0.360. The normalized spacial score (nSPS) is 14.6. The largest absolute Gasteiger partial charge is 0.485 e. The highest BCUT2D eigenvalue weighted by Gasteiger charge is 2.26. The number of methoxy groups -OCH3 is 1. The molecule has 1 amide bonds. The van der Waals surface area contributed by atoms with Crippen LogP contribution in [-0.2, 0) is 6.54 Å². The first-order valence-electron chi connectivity index (χ1n) is 11.1. The Morgan fingerprint density at radius 2 is 1.97 bits per heavy atom. The molecule has 0 saturated carbocycles. The van der Waals surface area contributed by atoms with Gasteiger partial charge in [0.1, 0.15) is 17.7 Å². The van der Waals surface area contributed by atoms with Gasteiger partial charge in [0.25, 0.3) is 5.91 Å². The van der Waals surface area contributed by atoms with Gasteiger partial charge in [0, 0.05) is 44.0 Å². The van der Waals surface area contributed by atoms with Gasteiger partial charge in [0.2, 0.25) is 5.88 Å². The number of ether oxygens (including phenoxy) is 2. The third-order valence-electron chi connectivity index (χ3n) is 5.74. The Labute approximate surface area is 199 Å². The first-order valence-corrected chi connectivity index (χ1v) is 12.0. The molecule has 8 heteroatoms. The molecule has 1 aromatic carbocycles. The molecule has 0 radical (unpaired) electrons. The standard InChI is InChI=1S/C25H30N4O3S/c1-26-13-12-21(22-5-4-16-33-22)32-19-8-6-18(7-9-19)17-29-15-14-28(2)24-20(25(29)30)10-11-23(27-24)31-3/h4-11,16,21,26H,12-15,17H2,1-3H3. The van der Waals surface area contributed by atoms with Crippen LogP contribution in [0, 0.1) is 0 Å². The van der Waals surface area contributed by atoms with Gasteiger partial charge in [-0.15, -0.1) is 11.3 Å². The summed E-state index contributed by atoms with van der Waals surface area (Å²) in [5.41, 5.74) is 1.66. The quantitative estimate of drug-likeness (QED) is 0.515. The number of hydrogen-bond acceptors (Lipinski definition) is 7. The van der Waals surface area contributed by atoms with E-state index < -0.39 is 0 Å². The highest BCUT2D eigenvalue weighted by molar-refractivity contribution is 7.10. The van der Waals surface area contributed by atoms with E-state index >= 15 is 0 Å². The predicted octanol–water partition coefficient (Wildman–Crippen LogP) is 3.97. The zero-order valence-corrected chi connectivity index (χ0v) is 20.1. The first kappa shape index (κ1) is 23.1. The molecule has 1 aliphatic rings. The minimum atomic E-state index is -0.0188. The van der Waals surface area contributed by atoms with Gasteiger partial charge in [-0.1, -0.05) is 18.2 Å². The molecule has 1 unspecified atom stereocenters. The maximum Gasteiger partial charge on any atom is 0.257 e. The SMILES string of the molecule is CNCCC(Oc1ccc(CN2CCN(C)c3nc(OC)ccc3C2=O)cc1)c1cccs1. The van der Waals surface area contributed by atoms with E-state index in [1.807, 2.05) is 48.2 Å². The third kappa shape index (κ3) is 5.46. The Morgan fingerprint density at radius 1 is 1.15 bits per heavy atom. The van der Waals surface area contributed by atoms with E-state index in [1.54, 1.807) is 30.6 Å². The van der Waals surface area contributed by atoms with Gasteiger partial charge in [-0.3, -0.25) is 4.79 Å². The number of thiophene rings is 1. The van der Waals surface area contributed by atoms with Gasteiger partial charge in [0.15, 0.2) is 0 Å². The van der Waals surface area contributed by atoms with Gasteiger partial charge in [0.05, 0.1) is 12.7 Å². The van der Waals surface area contributed by atoms with Crippen LogP contribution in [-0.4, -0.2) is 56.6 Å². The number of amides is 1. The number of benzene rings is 1. The molecule has 1 N–H and O–H groups in total. The topological polar surface area (TPSA) is 66.9 Å². The van der Waals surface area contributed by atoms with E-state index in [0.29, 0.717) is 36.9 Å². The van der Waals surface area contributed by atoms with Crippen molar-refractivity contribution in [2.24, 2.45) is 0 Å². The van der Waals surface area contributed by atoms with Gasteiger partial charge < -0.3 is 24.6 Å². The molecule has 33 heavy (non-hydrogen) atoms. The van der Waals surface area contributed by atoms with Crippen LogP contribution in [0.15, 0.2) is 53.9 Å². The van der Waals surface area contributed by atoms with Crippen molar-refractivity contribution >= 4 is 23.1 Å². The second-order valence-corrected chi connectivity index (χ2v) is 9.01. The average Bonchev–Trinajstić information content (AvgIpc) is 3.35. The van der Waals surface area contributed by atoms with Crippen molar-refractivity contribution in [2.45, 2.75) is 19.1 Å². The molecule has 0 spiro atoms. The zero-order chi connectivity index (χ0) is 23.2. The smallest absolute Gasteiger partial charge is 0.257 e. The second kappa shape index (κ2) is 10.7. The number of pyridine rings is 1. The summed E-state index contributed by atoms with van der Waals surface area (Å²) in [5.74, 6) is 1.98. The maximum absolute atomic E-state index is 13.2. The van der Waals surface area contributed by atoms with Crippen LogP contribution < -0.4 is 19.7 Å². The molecule has 1 atom stereocenters. The Bertz CT molecular complexity index is 1060. The van der Waals surface area contributed by atoms with Crippen molar-refractivity contribution in [1.29, 1.82) is 0 Å². The van der Waals surface area contributed by atoms with Crippen molar-refractivity contribution in [1.82, 2.24) is 15.2 Å². The van der Waals surface area contributed by atoms with E-state index in [4.69, 9.17) is 9.47 Å². The number of likely N-dealkylation sites (N-methyl/N-ethyl adjacent to an activating group) is 1.